The summed E-state index contributed by atoms with van der Waals surface area (Å²) in [6, 6.07) is 10.3. The molecule has 1 fully saturated rings. The first-order valence-electron chi connectivity index (χ1n) is 12.0. The lowest BCUT2D eigenvalue weighted by Crippen LogP contribution is -2.13. The van der Waals surface area contributed by atoms with Crippen molar-refractivity contribution in [3.63, 3.8) is 0 Å². The van der Waals surface area contributed by atoms with Gasteiger partial charge in [0.1, 0.15) is 0 Å². The molecule has 0 unspecified atom stereocenters. The number of benzene rings is 2. The predicted molar refractivity (Wildman–Crippen MR) is 134 cm³/mol. The molecule has 186 valence electrons. The van der Waals surface area contributed by atoms with Crippen molar-refractivity contribution in [1.29, 1.82) is 0 Å². The molecule has 1 aliphatic rings. The van der Waals surface area contributed by atoms with Crippen LogP contribution in [0, 0.1) is 17.6 Å². The third kappa shape index (κ3) is 6.33. The third-order valence-electron chi connectivity index (χ3n) is 6.70. The Morgan fingerprint density at radius 1 is 0.943 bits per heavy atom. The minimum atomic E-state index is -1.15. The van der Waals surface area contributed by atoms with Crippen molar-refractivity contribution in [3.8, 4) is 11.1 Å². The number of hydrogen-bond donors (Lipinski definition) is 0. The molecule has 1 saturated carbocycles. The molecular formula is C30H32F4O. The highest BCUT2D eigenvalue weighted by molar-refractivity contribution is 5.65. The van der Waals surface area contributed by atoms with E-state index in [-0.39, 0.29) is 35.8 Å². The number of hydrogen-bond acceptors (Lipinski definition) is 1. The second kappa shape index (κ2) is 12.1. The molecule has 0 saturated heterocycles. The Kier molecular flexibility index (Phi) is 9.13. The molecule has 2 aromatic carbocycles. The number of halogens is 4. The summed E-state index contributed by atoms with van der Waals surface area (Å²) in [6.45, 7) is 12.6. The predicted octanol–water partition coefficient (Wildman–Crippen LogP) is 9.28. The topological polar surface area (TPSA) is 9.23 Å². The minimum Gasteiger partial charge on any atom is -0.491 e. The normalized spacial score (nSPS) is 18.5. The summed E-state index contributed by atoms with van der Waals surface area (Å²) in [5.74, 6) is -3.72. The lowest BCUT2D eigenvalue weighted by molar-refractivity contribution is 0.224. The van der Waals surface area contributed by atoms with E-state index in [0.717, 1.165) is 31.2 Å². The van der Waals surface area contributed by atoms with Gasteiger partial charge in [0.05, 0.1) is 6.61 Å². The first-order valence-corrected chi connectivity index (χ1v) is 12.0. The van der Waals surface area contributed by atoms with Gasteiger partial charge < -0.3 is 4.74 Å². The SMILES string of the molecule is C=CC1CCC(c2ccc(-c3ccc(CCC(=C)/C(F)=C(/F)C(=C)OCC)cc3)c(F)c2F)CC1. The van der Waals surface area contributed by atoms with E-state index in [4.69, 9.17) is 4.74 Å². The molecule has 2 aromatic rings. The van der Waals surface area contributed by atoms with Gasteiger partial charge in [0.2, 0.25) is 0 Å². The van der Waals surface area contributed by atoms with E-state index in [1.165, 1.54) is 0 Å². The Morgan fingerprint density at radius 3 is 2.20 bits per heavy atom. The summed E-state index contributed by atoms with van der Waals surface area (Å²) < 4.78 is 63.0. The molecule has 0 radical (unpaired) electrons. The molecule has 1 nitrogen and oxygen atoms in total. The maximum absolute atomic E-state index is 15.0. The Labute approximate surface area is 205 Å². The van der Waals surface area contributed by atoms with Gasteiger partial charge in [0.25, 0.3) is 0 Å². The standard InChI is InChI=1S/C30H32F4O/c1-5-21-9-13-23(14-10-21)25-17-18-26(30(34)29(25)33)24-15-11-22(12-16-24)8-7-19(3)27(31)28(32)20(4)35-6-2/h5,11-12,15-18,21,23H,1,3-4,6-10,13-14H2,2H3/b28-27-. The average molecular weight is 485 g/mol. The van der Waals surface area contributed by atoms with Gasteiger partial charge in [-0.1, -0.05) is 55.6 Å². The molecule has 5 heteroatoms. The molecular weight excluding hydrogens is 452 g/mol. The molecule has 0 N–H and O–H groups in total. The highest BCUT2D eigenvalue weighted by atomic mass is 19.2. The third-order valence-corrected chi connectivity index (χ3v) is 6.70. The molecule has 35 heavy (non-hydrogen) atoms. The van der Waals surface area contributed by atoms with Crippen LogP contribution >= 0.6 is 0 Å². The lowest BCUT2D eigenvalue weighted by Gasteiger charge is -2.27. The van der Waals surface area contributed by atoms with E-state index in [0.29, 0.717) is 23.5 Å². The van der Waals surface area contributed by atoms with Crippen molar-refractivity contribution in [3.05, 3.63) is 108 Å². The van der Waals surface area contributed by atoms with Crippen LogP contribution in [0.4, 0.5) is 17.6 Å². The summed E-state index contributed by atoms with van der Waals surface area (Å²) in [6.07, 6.45) is 6.07. The Balaban J connectivity index is 1.67. The number of ether oxygens (including phenoxy) is 1. The van der Waals surface area contributed by atoms with E-state index < -0.39 is 23.3 Å². The zero-order valence-electron chi connectivity index (χ0n) is 20.2. The largest absolute Gasteiger partial charge is 0.491 e. The van der Waals surface area contributed by atoms with Crippen LogP contribution in [-0.2, 0) is 11.2 Å². The van der Waals surface area contributed by atoms with Gasteiger partial charge in [-0.15, -0.1) is 6.58 Å². The zero-order chi connectivity index (χ0) is 25.5. The maximum Gasteiger partial charge on any atom is 0.200 e. The Bertz CT molecular complexity index is 1110. The molecule has 0 aromatic heterocycles. The fourth-order valence-electron chi connectivity index (χ4n) is 4.54. The minimum absolute atomic E-state index is 0.00161. The molecule has 0 aliphatic heterocycles. The van der Waals surface area contributed by atoms with E-state index >= 15 is 0 Å². The van der Waals surface area contributed by atoms with Crippen LogP contribution < -0.4 is 0 Å². The first kappa shape index (κ1) is 26.5. The summed E-state index contributed by atoms with van der Waals surface area (Å²) in [4.78, 5) is 0. The Morgan fingerprint density at radius 2 is 1.60 bits per heavy atom. The quantitative estimate of drug-likeness (QED) is 0.141. The van der Waals surface area contributed by atoms with Crippen LogP contribution in [0.3, 0.4) is 0 Å². The fraction of sp³-hybridized carbons (Fsp3) is 0.333. The summed E-state index contributed by atoms with van der Waals surface area (Å²) in [5, 5.41) is 0. The second-order valence-electron chi connectivity index (χ2n) is 8.96. The lowest BCUT2D eigenvalue weighted by atomic mass is 9.78. The van der Waals surface area contributed by atoms with Crippen molar-refractivity contribution in [2.75, 3.05) is 6.61 Å². The molecule has 1 aliphatic carbocycles. The summed E-state index contributed by atoms with van der Waals surface area (Å²) in [7, 11) is 0. The fourth-order valence-corrected chi connectivity index (χ4v) is 4.54. The van der Waals surface area contributed by atoms with Gasteiger partial charge >= 0.3 is 0 Å². The average Bonchev–Trinajstić information content (AvgIpc) is 2.88. The molecule has 0 bridgehead atoms. The monoisotopic (exact) mass is 484 g/mol. The Hall–Kier alpha value is -3.08. The molecule has 3 rings (SSSR count). The van der Waals surface area contributed by atoms with Crippen LogP contribution in [0.5, 0.6) is 0 Å². The van der Waals surface area contributed by atoms with E-state index in [1.54, 1.807) is 43.3 Å². The van der Waals surface area contributed by atoms with Gasteiger partial charge in [-0.05, 0) is 79.5 Å². The summed E-state index contributed by atoms with van der Waals surface area (Å²) >= 11 is 0. The molecule has 0 spiro atoms. The zero-order valence-corrected chi connectivity index (χ0v) is 20.2. The van der Waals surface area contributed by atoms with Crippen LogP contribution in [0.1, 0.15) is 56.1 Å². The number of rotatable bonds is 10. The van der Waals surface area contributed by atoms with Crippen LogP contribution in [0.2, 0.25) is 0 Å². The van der Waals surface area contributed by atoms with Gasteiger partial charge in [-0.2, -0.15) is 4.39 Å². The number of allylic oxidation sites excluding steroid dienone is 4. The van der Waals surface area contributed by atoms with Gasteiger partial charge in [0, 0.05) is 5.56 Å². The second-order valence-corrected chi connectivity index (χ2v) is 8.96. The maximum atomic E-state index is 15.0. The number of aryl methyl sites for hydroxylation is 1. The van der Waals surface area contributed by atoms with E-state index in [9.17, 15) is 17.6 Å². The molecule has 0 amide bonds. The van der Waals surface area contributed by atoms with Crippen LogP contribution in [0.25, 0.3) is 11.1 Å². The molecule has 0 heterocycles. The van der Waals surface area contributed by atoms with E-state index in [1.807, 2.05) is 6.08 Å². The highest BCUT2D eigenvalue weighted by Gasteiger charge is 2.25. The van der Waals surface area contributed by atoms with Crippen molar-refractivity contribution in [2.45, 2.75) is 51.4 Å². The summed E-state index contributed by atoms with van der Waals surface area (Å²) in [5.41, 5.74) is 2.03. The smallest absolute Gasteiger partial charge is 0.200 e. The molecule has 0 atom stereocenters. The van der Waals surface area contributed by atoms with Crippen LogP contribution in [-0.4, -0.2) is 6.61 Å². The van der Waals surface area contributed by atoms with Crippen LogP contribution in [0.15, 0.2) is 85.2 Å². The van der Waals surface area contributed by atoms with Crippen molar-refractivity contribution >= 4 is 0 Å². The van der Waals surface area contributed by atoms with E-state index in [2.05, 4.69) is 19.7 Å². The van der Waals surface area contributed by atoms with Gasteiger partial charge in [-0.25, -0.2) is 13.2 Å². The van der Waals surface area contributed by atoms with Crippen molar-refractivity contribution in [2.24, 2.45) is 5.92 Å². The first-order chi connectivity index (χ1) is 16.8. The van der Waals surface area contributed by atoms with Gasteiger partial charge in [0.15, 0.2) is 29.0 Å². The van der Waals surface area contributed by atoms with Crippen molar-refractivity contribution in [1.82, 2.24) is 0 Å². The van der Waals surface area contributed by atoms with Gasteiger partial charge in [-0.3, -0.25) is 0 Å². The van der Waals surface area contributed by atoms with Crippen molar-refractivity contribution < 1.29 is 22.3 Å². The highest BCUT2D eigenvalue weighted by Crippen LogP contribution is 2.39.